The van der Waals surface area contributed by atoms with Crippen LogP contribution in [0.3, 0.4) is 0 Å². The molecule has 1 heterocycles. The second-order valence-corrected chi connectivity index (χ2v) is 7.64. The normalized spacial score (nSPS) is 35.1. The van der Waals surface area contributed by atoms with Gasteiger partial charge in [-0.25, -0.2) is 0 Å². The Bertz CT molecular complexity index is 969. The number of aliphatic hydroxyl groups excluding tert-OH is 5. The van der Waals surface area contributed by atoms with Crippen molar-refractivity contribution in [1.29, 1.82) is 0 Å². The first-order valence-corrected chi connectivity index (χ1v) is 9.60. The number of hydrogen-bond acceptors (Lipinski definition) is 7. The molecule has 152 valence electrons. The van der Waals surface area contributed by atoms with Gasteiger partial charge in [0.2, 0.25) is 0 Å². The number of benzene rings is 2. The summed E-state index contributed by atoms with van der Waals surface area (Å²) in [6.45, 7) is -0.543. The molecular formula is C22H22O7. The number of fused-ring (bicyclic) bond motifs is 3. The smallest absolute Gasteiger partial charge is 0.187 e. The van der Waals surface area contributed by atoms with E-state index in [-0.39, 0.29) is 0 Å². The first-order valence-electron chi connectivity index (χ1n) is 9.60. The molecule has 2 aromatic rings. The Morgan fingerprint density at radius 2 is 1.55 bits per heavy atom. The highest BCUT2D eigenvalue weighted by Crippen LogP contribution is 2.50. The summed E-state index contributed by atoms with van der Waals surface area (Å²) in [5.74, 6) is 0. The fourth-order valence-electron chi connectivity index (χ4n) is 4.48. The van der Waals surface area contributed by atoms with E-state index in [0.717, 1.165) is 27.8 Å². The third-order valence-corrected chi connectivity index (χ3v) is 5.97. The Kier molecular flexibility index (Phi) is 4.56. The average molecular weight is 398 g/mol. The first kappa shape index (κ1) is 18.9. The predicted molar refractivity (Wildman–Crippen MR) is 103 cm³/mol. The van der Waals surface area contributed by atoms with Gasteiger partial charge in [0.15, 0.2) is 6.29 Å². The van der Waals surface area contributed by atoms with Crippen molar-refractivity contribution in [2.45, 2.75) is 42.9 Å². The average Bonchev–Trinajstić information content (AvgIpc) is 3.06. The van der Waals surface area contributed by atoms with Crippen molar-refractivity contribution in [1.82, 2.24) is 0 Å². The number of ether oxygens (including phenoxy) is 2. The van der Waals surface area contributed by atoms with Gasteiger partial charge in [0.1, 0.15) is 36.6 Å². The highest BCUT2D eigenvalue weighted by Gasteiger charge is 2.46. The molecule has 1 saturated heterocycles. The third kappa shape index (κ3) is 2.78. The molecule has 0 radical (unpaired) electrons. The van der Waals surface area contributed by atoms with Crippen molar-refractivity contribution in [2.75, 3.05) is 6.61 Å². The Balaban J connectivity index is 1.51. The standard InChI is InChI=1S/C22H22O7/c23-9-16-19(25)20(26)21(27)22(29-16)28-15-8-14-11-5-2-1-4-10(11)12-6-3-7-13(17(12)14)18(15)24/h1-8,15-16,18-27H,9H2. The van der Waals surface area contributed by atoms with E-state index in [9.17, 15) is 25.5 Å². The summed E-state index contributed by atoms with van der Waals surface area (Å²) < 4.78 is 11.3. The van der Waals surface area contributed by atoms with Crippen LogP contribution in [-0.2, 0) is 9.47 Å². The topological polar surface area (TPSA) is 120 Å². The fourth-order valence-corrected chi connectivity index (χ4v) is 4.48. The van der Waals surface area contributed by atoms with Crippen LogP contribution in [0.4, 0.5) is 0 Å². The summed E-state index contributed by atoms with van der Waals surface area (Å²) in [6, 6.07) is 13.7. The van der Waals surface area contributed by atoms with E-state index >= 15 is 0 Å². The summed E-state index contributed by atoms with van der Waals surface area (Å²) in [5.41, 5.74) is 5.78. The predicted octanol–water partition coefficient (Wildman–Crippen LogP) is 0.331. The van der Waals surface area contributed by atoms with Crippen molar-refractivity contribution in [3.05, 3.63) is 65.2 Å². The van der Waals surface area contributed by atoms with Crippen molar-refractivity contribution >= 4 is 5.57 Å². The Labute approximate surface area is 167 Å². The molecule has 0 bridgehead atoms. The summed E-state index contributed by atoms with van der Waals surface area (Å²) in [4.78, 5) is 0. The summed E-state index contributed by atoms with van der Waals surface area (Å²) >= 11 is 0. The molecule has 2 aromatic carbocycles. The quantitative estimate of drug-likeness (QED) is 0.431. The number of hydrogen-bond donors (Lipinski definition) is 5. The highest BCUT2D eigenvalue weighted by atomic mass is 16.7. The summed E-state index contributed by atoms with van der Waals surface area (Å²) in [5, 5.41) is 50.6. The van der Waals surface area contributed by atoms with E-state index in [1.165, 1.54) is 0 Å². The van der Waals surface area contributed by atoms with Crippen LogP contribution in [0.2, 0.25) is 0 Å². The van der Waals surface area contributed by atoms with Crippen molar-refractivity contribution in [3.63, 3.8) is 0 Å². The minimum atomic E-state index is -1.54. The zero-order chi connectivity index (χ0) is 20.3. The highest BCUT2D eigenvalue weighted by molar-refractivity contribution is 6.03. The van der Waals surface area contributed by atoms with Crippen LogP contribution >= 0.6 is 0 Å². The molecule has 7 nitrogen and oxygen atoms in total. The van der Waals surface area contributed by atoms with Crippen molar-refractivity contribution in [3.8, 4) is 11.1 Å². The van der Waals surface area contributed by atoms with Crippen LogP contribution in [0.15, 0.2) is 48.5 Å². The summed E-state index contributed by atoms with van der Waals surface area (Å²) in [6.07, 6.45) is -6.97. The molecule has 0 saturated carbocycles. The molecule has 7 atom stereocenters. The molecule has 5 rings (SSSR count). The number of rotatable bonds is 3. The molecule has 0 aromatic heterocycles. The third-order valence-electron chi connectivity index (χ3n) is 5.97. The van der Waals surface area contributed by atoms with Gasteiger partial charge in [-0.1, -0.05) is 42.5 Å². The van der Waals surface area contributed by atoms with E-state index in [2.05, 4.69) is 0 Å². The van der Waals surface area contributed by atoms with Gasteiger partial charge >= 0.3 is 0 Å². The largest absolute Gasteiger partial charge is 0.394 e. The zero-order valence-electron chi connectivity index (χ0n) is 15.4. The molecular weight excluding hydrogens is 376 g/mol. The van der Waals surface area contributed by atoms with Crippen LogP contribution in [0.5, 0.6) is 0 Å². The maximum Gasteiger partial charge on any atom is 0.187 e. The SMILES string of the molecule is OCC1OC(OC2C=C3c4ccccc4-c4cccc(c43)C2O)C(O)C(O)C1O. The molecule has 29 heavy (non-hydrogen) atoms. The van der Waals surface area contributed by atoms with Gasteiger partial charge in [0, 0.05) is 0 Å². The molecule has 5 N–H and O–H groups in total. The Morgan fingerprint density at radius 3 is 2.31 bits per heavy atom. The second kappa shape index (κ2) is 7.00. The van der Waals surface area contributed by atoms with Gasteiger partial charge in [-0.2, -0.15) is 0 Å². The fraction of sp³-hybridized carbons (Fsp3) is 0.364. The van der Waals surface area contributed by atoms with E-state index in [0.29, 0.717) is 5.56 Å². The molecule has 1 fully saturated rings. The molecule has 7 heteroatoms. The van der Waals surface area contributed by atoms with Crippen LogP contribution in [0.1, 0.15) is 22.8 Å². The molecule has 3 aliphatic rings. The van der Waals surface area contributed by atoms with Crippen LogP contribution < -0.4 is 0 Å². The maximum atomic E-state index is 11.0. The Morgan fingerprint density at radius 1 is 0.828 bits per heavy atom. The molecule has 2 aliphatic carbocycles. The lowest BCUT2D eigenvalue weighted by Crippen LogP contribution is -2.59. The van der Waals surface area contributed by atoms with Crippen molar-refractivity contribution in [2.24, 2.45) is 0 Å². The van der Waals surface area contributed by atoms with Crippen molar-refractivity contribution < 1.29 is 35.0 Å². The van der Waals surface area contributed by atoms with Crippen LogP contribution in [0, 0.1) is 0 Å². The van der Waals surface area contributed by atoms with Gasteiger partial charge in [-0.3, -0.25) is 0 Å². The van der Waals surface area contributed by atoms with Gasteiger partial charge < -0.3 is 35.0 Å². The molecule has 1 aliphatic heterocycles. The maximum absolute atomic E-state index is 11.0. The number of aliphatic hydroxyl groups is 5. The molecule has 0 amide bonds. The lowest BCUT2D eigenvalue weighted by molar-refractivity contribution is -0.312. The Hall–Kier alpha value is -2.10. The molecule has 7 unspecified atom stereocenters. The lowest BCUT2D eigenvalue weighted by atomic mass is 9.86. The van der Waals surface area contributed by atoms with E-state index in [1.807, 2.05) is 42.5 Å². The van der Waals surface area contributed by atoms with E-state index < -0.39 is 49.5 Å². The lowest BCUT2D eigenvalue weighted by Gasteiger charge is -2.41. The van der Waals surface area contributed by atoms with Crippen LogP contribution in [0.25, 0.3) is 16.7 Å². The first-order chi connectivity index (χ1) is 14.0. The van der Waals surface area contributed by atoms with E-state index in [1.54, 1.807) is 6.08 Å². The summed E-state index contributed by atoms with van der Waals surface area (Å²) in [7, 11) is 0. The van der Waals surface area contributed by atoms with Gasteiger partial charge in [0.05, 0.1) is 6.61 Å². The monoisotopic (exact) mass is 398 g/mol. The van der Waals surface area contributed by atoms with Crippen LogP contribution in [-0.4, -0.2) is 68.9 Å². The zero-order valence-corrected chi connectivity index (χ0v) is 15.4. The van der Waals surface area contributed by atoms with Gasteiger partial charge in [-0.05, 0) is 39.5 Å². The van der Waals surface area contributed by atoms with E-state index in [4.69, 9.17) is 9.47 Å². The second-order valence-electron chi connectivity index (χ2n) is 7.64. The minimum Gasteiger partial charge on any atom is -0.394 e. The van der Waals surface area contributed by atoms with Gasteiger partial charge in [-0.15, -0.1) is 0 Å². The minimum absolute atomic E-state index is 0.543. The molecule has 0 spiro atoms. The van der Waals surface area contributed by atoms with Gasteiger partial charge in [0.25, 0.3) is 0 Å².